The first-order chi connectivity index (χ1) is 18.5. The minimum Gasteiger partial charge on any atom is -0.480 e. The topological polar surface area (TPSA) is 122 Å². The van der Waals surface area contributed by atoms with Crippen molar-refractivity contribution in [3.05, 3.63) is 41.7 Å². The normalized spacial score (nSPS) is 14.5. The highest BCUT2D eigenvalue weighted by molar-refractivity contribution is 5.90. The molecule has 10 heteroatoms. The van der Waals surface area contributed by atoms with Crippen LogP contribution in [0.25, 0.3) is 11.2 Å². The Morgan fingerprint density at radius 2 is 1.82 bits per heavy atom. The van der Waals surface area contributed by atoms with Gasteiger partial charge in [0.15, 0.2) is 17.0 Å². The highest BCUT2D eigenvalue weighted by atomic mass is 16.6. The molecule has 0 spiro atoms. The Hall–Kier alpha value is -3.69. The molecule has 1 aromatic carbocycles. The van der Waals surface area contributed by atoms with Crippen LogP contribution in [0.5, 0.6) is 0 Å². The summed E-state index contributed by atoms with van der Waals surface area (Å²) in [5.74, 6) is 0.447. The summed E-state index contributed by atoms with van der Waals surface area (Å²) in [4.78, 5) is 40.0. The molecule has 2 N–H and O–H groups in total. The second-order valence-electron chi connectivity index (χ2n) is 11.7. The number of benzene rings is 1. The van der Waals surface area contributed by atoms with Gasteiger partial charge < -0.3 is 19.7 Å². The van der Waals surface area contributed by atoms with Gasteiger partial charge in [0, 0.05) is 6.54 Å². The fourth-order valence-electron chi connectivity index (χ4n) is 4.79. The molecule has 1 saturated carbocycles. The van der Waals surface area contributed by atoms with Gasteiger partial charge in [-0.3, -0.25) is 4.79 Å². The number of nitrogens with one attached hydrogen (secondary N) is 1. The average molecular weight is 537 g/mol. The zero-order valence-corrected chi connectivity index (χ0v) is 23.6. The maximum Gasteiger partial charge on any atom is 0.417 e. The van der Waals surface area contributed by atoms with Crippen LogP contribution in [0.2, 0.25) is 0 Å². The van der Waals surface area contributed by atoms with Crippen LogP contribution in [0, 0.1) is 5.92 Å². The monoisotopic (exact) mass is 536 g/mol. The standard InChI is InChI=1S/C29H40N6O4/c1-19(2)15-30-25-24-26(34(18-31-24)17-23(36)37)33-27(32-25)35(28(38)39-29(3,4)5)16-20-11-13-22(14-12-20)21-9-7-6-8-10-21/h11-14,18-19,21H,6-10,15-17H2,1-5H3,(H,36,37)(H,30,32,33). The predicted octanol–water partition coefficient (Wildman–Crippen LogP) is 5.97. The summed E-state index contributed by atoms with van der Waals surface area (Å²) in [6.07, 6.45) is 7.12. The second-order valence-corrected chi connectivity index (χ2v) is 11.7. The number of aliphatic carboxylic acids is 1. The number of carbonyl (C=O) groups is 2. The molecule has 0 radical (unpaired) electrons. The molecular weight excluding hydrogens is 496 g/mol. The molecule has 10 nitrogen and oxygen atoms in total. The SMILES string of the molecule is CC(C)CNc1nc(N(Cc2ccc(C3CCCCC3)cc2)C(=O)OC(C)(C)C)nc2c1ncn2CC(=O)O. The lowest BCUT2D eigenvalue weighted by molar-refractivity contribution is -0.137. The van der Waals surface area contributed by atoms with Crippen LogP contribution in [0.1, 0.15) is 83.8 Å². The highest BCUT2D eigenvalue weighted by Gasteiger charge is 2.28. The summed E-state index contributed by atoms with van der Waals surface area (Å²) < 4.78 is 7.18. The van der Waals surface area contributed by atoms with E-state index in [-0.39, 0.29) is 19.0 Å². The Bertz CT molecular complexity index is 1290. The highest BCUT2D eigenvalue weighted by Crippen LogP contribution is 2.33. The minimum absolute atomic E-state index is 0.117. The molecular formula is C29H40N6O4. The summed E-state index contributed by atoms with van der Waals surface area (Å²) in [6, 6.07) is 8.40. The van der Waals surface area contributed by atoms with Gasteiger partial charge in [-0.1, -0.05) is 57.4 Å². The van der Waals surface area contributed by atoms with Gasteiger partial charge in [-0.15, -0.1) is 0 Å². The Morgan fingerprint density at radius 3 is 2.44 bits per heavy atom. The Kier molecular flexibility index (Phi) is 8.72. The van der Waals surface area contributed by atoms with E-state index in [1.807, 2.05) is 32.9 Å². The third-order valence-corrected chi connectivity index (χ3v) is 6.69. The van der Waals surface area contributed by atoms with Crippen molar-refractivity contribution in [3.63, 3.8) is 0 Å². The number of carboxylic acid groups (broad SMARTS) is 1. The van der Waals surface area contributed by atoms with E-state index >= 15 is 0 Å². The molecule has 0 bridgehead atoms. The van der Waals surface area contributed by atoms with Gasteiger partial charge in [0.05, 0.1) is 12.9 Å². The number of hydrogen-bond donors (Lipinski definition) is 2. The van der Waals surface area contributed by atoms with Gasteiger partial charge in [0.1, 0.15) is 12.1 Å². The molecule has 1 amide bonds. The lowest BCUT2D eigenvalue weighted by Crippen LogP contribution is -2.37. The minimum atomic E-state index is -1.02. The van der Waals surface area contributed by atoms with Crippen molar-refractivity contribution in [2.24, 2.45) is 5.92 Å². The summed E-state index contributed by atoms with van der Waals surface area (Å²) in [5, 5.41) is 12.7. The molecule has 0 atom stereocenters. The fraction of sp³-hybridized carbons (Fsp3) is 0.552. The maximum atomic E-state index is 13.5. The maximum absolute atomic E-state index is 13.5. The van der Waals surface area contributed by atoms with Gasteiger partial charge in [-0.05, 0) is 56.6 Å². The summed E-state index contributed by atoms with van der Waals surface area (Å²) >= 11 is 0. The second kappa shape index (κ2) is 12.0. The first-order valence-corrected chi connectivity index (χ1v) is 13.8. The van der Waals surface area contributed by atoms with E-state index in [0.717, 1.165) is 5.56 Å². The average Bonchev–Trinajstić information content (AvgIpc) is 3.27. The number of nitrogens with zero attached hydrogens (tertiary/aromatic N) is 5. The Morgan fingerprint density at radius 1 is 1.13 bits per heavy atom. The van der Waals surface area contributed by atoms with Gasteiger partial charge in [-0.2, -0.15) is 9.97 Å². The number of hydrogen-bond acceptors (Lipinski definition) is 7. The first kappa shape index (κ1) is 28.3. The Balaban J connectivity index is 1.72. The van der Waals surface area contributed by atoms with Crippen molar-refractivity contribution in [3.8, 4) is 0 Å². The van der Waals surface area contributed by atoms with E-state index < -0.39 is 17.7 Å². The summed E-state index contributed by atoms with van der Waals surface area (Å²) in [6.45, 7) is 10.1. The van der Waals surface area contributed by atoms with Crippen LogP contribution in [0.3, 0.4) is 0 Å². The number of ether oxygens (including phenoxy) is 1. The van der Waals surface area contributed by atoms with Crippen molar-refractivity contribution in [2.45, 2.75) is 91.3 Å². The third-order valence-electron chi connectivity index (χ3n) is 6.69. The predicted molar refractivity (Wildman–Crippen MR) is 151 cm³/mol. The van der Waals surface area contributed by atoms with E-state index in [1.165, 1.54) is 53.5 Å². The number of imidazole rings is 1. The number of fused-ring (bicyclic) bond motifs is 1. The van der Waals surface area contributed by atoms with Gasteiger partial charge in [0.25, 0.3) is 0 Å². The molecule has 3 aromatic rings. The van der Waals surface area contributed by atoms with Crippen LogP contribution >= 0.6 is 0 Å². The molecule has 2 aromatic heterocycles. The molecule has 0 aliphatic heterocycles. The van der Waals surface area contributed by atoms with Crippen LogP contribution in [0.4, 0.5) is 16.6 Å². The van der Waals surface area contributed by atoms with E-state index in [4.69, 9.17) is 4.74 Å². The van der Waals surface area contributed by atoms with E-state index in [1.54, 1.807) is 0 Å². The van der Waals surface area contributed by atoms with Crippen molar-refractivity contribution in [1.82, 2.24) is 19.5 Å². The van der Waals surface area contributed by atoms with Crippen LogP contribution in [0.15, 0.2) is 30.6 Å². The number of carbonyl (C=O) groups excluding carboxylic acids is 1. The lowest BCUT2D eigenvalue weighted by atomic mass is 9.84. The number of carboxylic acids is 1. The molecule has 1 aliphatic rings. The van der Waals surface area contributed by atoms with Crippen molar-refractivity contribution in [2.75, 3.05) is 16.8 Å². The van der Waals surface area contributed by atoms with Crippen LogP contribution in [-0.2, 0) is 22.6 Å². The van der Waals surface area contributed by atoms with E-state index in [9.17, 15) is 14.7 Å². The third kappa shape index (κ3) is 7.46. The number of rotatable bonds is 9. The van der Waals surface area contributed by atoms with Crippen molar-refractivity contribution < 1.29 is 19.4 Å². The molecule has 39 heavy (non-hydrogen) atoms. The van der Waals surface area contributed by atoms with Gasteiger partial charge in [-0.25, -0.2) is 14.7 Å². The molecule has 0 saturated heterocycles. The molecule has 0 unspecified atom stereocenters. The largest absolute Gasteiger partial charge is 0.480 e. The smallest absolute Gasteiger partial charge is 0.417 e. The van der Waals surface area contributed by atoms with Crippen molar-refractivity contribution in [1.29, 1.82) is 0 Å². The van der Waals surface area contributed by atoms with Crippen LogP contribution < -0.4 is 10.2 Å². The quantitative estimate of drug-likeness (QED) is 0.343. The molecule has 4 rings (SSSR count). The molecule has 2 heterocycles. The summed E-state index contributed by atoms with van der Waals surface area (Å²) in [7, 11) is 0. The lowest BCUT2D eigenvalue weighted by Gasteiger charge is -2.27. The first-order valence-electron chi connectivity index (χ1n) is 13.8. The van der Waals surface area contributed by atoms with Gasteiger partial charge in [0.2, 0.25) is 5.95 Å². The zero-order valence-electron chi connectivity index (χ0n) is 23.6. The van der Waals surface area contributed by atoms with Gasteiger partial charge >= 0.3 is 12.1 Å². The van der Waals surface area contributed by atoms with Crippen molar-refractivity contribution >= 4 is 35.0 Å². The number of aromatic nitrogens is 4. The zero-order chi connectivity index (χ0) is 28.2. The fourth-order valence-corrected chi connectivity index (χ4v) is 4.79. The number of anilines is 2. The molecule has 1 aliphatic carbocycles. The van der Waals surface area contributed by atoms with Crippen LogP contribution in [-0.4, -0.2) is 48.8 Å². The molecule has 210 valence electrons. The number of amides is 1. The molecule has 1 fully saturated rings. The van der Waals surface area contributed by atoms with E-state index in [0.29, 0.717) is 35.4 Å². The Labute approximate surface area is 229 Å². The van der Waals surface area contributed by atoms with E-state index in [2.05, 4.69) is 46.2 Å². The summed E-state index contributed by atoms with van der Waals surface area (Å²) in [5.41, 5.74) is 2.29.